The first-order chi connectivity index (χ1) is 50.3. The average molecular weight is 1510 g/mol. The number of imide groups is 1. The second-order valence-electron chi connectivity index (χ2n) is 28.6. The lowest BCUT2D eigenvalue weighted by atomic mass is 9.92. The molecule has 604 valence electrons. The highest BCUT2D eigenvalue weighted by atomic mass is 16.7. The van der Waals surface area contributed by atoms with Crippen LogP contribution in [0.5, 0.6) is 0 Å². The van der Waals surface area contributed by atoms with E-state index >= 15 is 0 Å². The number of ether oxygens (including phenoxy) is 9. The number of hydrogen-bond acceptors (Lipinski definition) is 29. The molecular weight excluding hydrogens is 1380 g/mol. The Bertz CT molecular complexity index is 2350. The Kier molecular flexibility index (Phi) is 46.4. The monoisotopic (exact) mass is 1500 g/mol. The van der Waals surface area contributed by atoms with E-state index in [9.17, 15) is 93.9 Å². The van der Waals surface area contributed by atoms with E-state index in [0.717, 1.165) is 0 Å². The molecule has 3 amide bonds. The van der Waals surface area contributed by atoms with E-state index in [2.05, 4.69) is 5.32 Å². The molecule has 31 nitrogen and oxygen atoms in total. The Labute approximate surface area is 617 Å². The zero-order chi connectivity index (χ0) is 77.1. The maximum absolute atomic E-state index is 13.9. The lowest BCUT2D eigenvalue weighted by Gasteiger charge is -2.40. The summed E-state index contributed by atoms with van der Waals surface area (Å²) in [6.07, 6.45) is -1.03. The van der Waals surface area contributed by atoms with Crippen molar-refractivity contribution in [1.29, 1.82) is 0 Å². The quantitative estimate of drug-likeness (QED) is 0.0308. The van der Waals surface area contributed by atoms with Crippen LogP contribution in [0.15, 0.2) is 0 Å². The zero-order valence-electron chi connectivity index (χ0n) is 62.1. The van der Waals surface area contributed by atoms with E-state index in [1.54, 1.807) is 20.8 Å². The van der Waals surface area contributed by atoms with Crippen LogP contribution in [0.4, 0.5) is 0 Å². The molecule has 15 unspecified atom stereocenters. The van der Waals surface area contributed by atoms with Gasteiger partial charge in [0.25, 0.3) is 11.8 Å². The van der Waals surface area contributed by atoms with E-state index in [1.807, 2.05) is 0 Å². The Morgan fingerprint density at radius 1 is 0.371 bits per heavy atom. The number of hydroxylamine groups is 2. The van der Waals surface area contributed by atoms with Crippen molar-refractivity contribution in [3.63, 3.8) is 0 Å². The lowest BCUT2D eigenvalue weighted by Crippen LogP contribution is -2.58. The molecule has 0 aromatic carbocycles. The van der Waals surface area contributed by atoms with Crippen molar-refractivity contribution in [2.45, 2.75) is 312 Å². The predicted molar refractivity (Wildman–Crippen MR) is 372 cm³/mol. The third-order valence-electron chi connectivity index (χ3n) is 19.5. The third-order valence-corrected chi connectivity index (χ3v) is 19.5. The molecule has 15 atom stereocenters. The van der Waals surface area contributed by atoms with Gasteiger partial charge in [-0.05, 0) is 89.9 Å². The van der Waals surface area contributed by atoms with Gasteiger partial charge in [-0.15, -0.1) is 5.06 Å². The van der Waals surface area contributed by atoms with Crippen molar-refractivity contribution in [1.82, 2.24) is 10.4 Å². The Hall–Kier alpha value is -4.62. The number of aliphatic hydroxyl groups is 9. The number of rotatable bonds is 61. The highest BCUT2D eigenvalue weighted by Crippen LogP contribution is 2.30. The molecule has 4 rings (SSSR count). The first-order valence-corrected chi connectivity index (χ1v) is 38.3. The van der Waals surface area contributed by atoms with Gasteiger partial charge in [-0.2, -0.15) is 0 Å². The summed E-state index contributed by atoms with van der Waals surface area (Å²) in [4.78, 5) is 133. The largest absolute Gasteiger partial charge is 0.394 e. The first-order valence-electron chi connectivity index (χ1n) is 38.3. The van der Waals surface area contributed by atoms with Gasteiger partial charge in [-0.3, -0.25) is 43.2 Å². The van der Waals surface area contributed by atoms with Crippen LogP contribution in [-0.2, 0) is 95.4 Å². The molecule has 0 saturated carbocycles. The number of carbonyl (C=O) groups excluding carboxylic acids is 10. The molecule has 0 aromatic heterocycles. The number of nitrogens with zero attached hydrogens (tertiary/aromatic N) is 1. The highest BCUT2D eigenvalue weighted by Gasteiger charge is 2.45. The molecule has 4 fully saturated rings. The maximum atomic E-state index is 13.9. The fourth-order valence-electron chi connectivity index (χ4n) is 12.6. The van der Waals surface area contributed by atoms with Crippen LogP contribution in [0.1, 0.15) is 233 Å². The van der Waals surface area contributed by atoms with Crippen LogP contribution in [0.3, 0.4) is 0 Å². The number of aliphatic hydroxyl groups excluding tert-OH is 9. The highest BCUT2D eigenvalue weighted by molar-refractivity contribution is 6.01. The second kappa shape index (κ2) is 52.5. The standard InChI is InChI=1S/C74H124N2O29/c1-49-65(90)68(93)58(43-77)102-71(49)99-37-18-15-27-52(80)21-7-4-10-24-55(83)34-40-96-46-74(75-61(86)30-13-14-31-64(89)105-76-62(87)32-33-63(76)88,47-97-41-35-56(84)25-11-5-8-22-53(81)28-16-19-38-100-72-50(2)66(91)69(94)59(44-78)103-72)48-98-42-36-57(85)26-12-6-9-23-54(82)29-17-20-39-101-73-51(3)67(92)70(95)60(45-79)104-73/h49-51,58-60,65-73,77-79,90-95H,4-48H2,1-3H3,(H,75,86). The summed E-state index contributed by atoms with van der Waals surface area (Å²) in [6.45, 7) is 3.53. The molecule has 0 radical (unpaired) electrons. The lowest BCUT2D eigenvalue weighted by molar-refractivity contribution is -0.282. The van der Waals surface area contributed by atoms with Crippen molar-refractivity contribution in [2.75, 3.05) is 79.3 Å². The van der Waals surface area contributed by atoms with Crippen molar-refractivity contribution >= 4 is 58.4 Å². The minimum absolute atomic E-state index is 0.0207. The molecular formula is C74H124N2O29. The zero-order valence-corrected chi connectivity index (χ0v) is 62.1. The number of amides is 3. The molecule has 0 aliphatic carbocycles. The van der Waals surface area contributed by atoms with Gasteiger partial charge in [-0.1, -0.05) is 40.0 Å². The van der Waals surface area contributed by atoms with Gasteiger partial charge in [0.2, 0.25) is 5.91 Å². The maximum Gasteiger partial charge on any atom is 0.333 e. The molecule has 105 heavy (non-hydrogen) atoms. The minimum Gasteiger partial charge on any atom is -0.394 e. The van der Waals surface area contributed by atoms with Gasteiger partial charge in [0.15, 0.2) is 18.9 Å². The van der Waals surface area contributed by atoms with Crippen molar-refractivity contribution in [2.24, 2.45) is 17.8 Å². The van der Waals surface area contributed by atoms with E-state index < -0.39 is 141 Å². The number of Topliss-reactive ketones (excluding diaryl/α,β-unsaturated/α-hetero) is 6. The summed E-state index contributed by atoms with van der Waals surface area (Å²) in [5.74, 6) is -4.20. The number of ketones is 6. The van der Waals surface area contributed by atoms with Crippen molar-refractivity contribution in [3.8, 4) is 0 Å². The van der Waals surface area contributed by atoms with E-state index in [-0.39, 0.29) is 171 Å². The van der Waals surface area contributed by atoms with Crippen molar-refractivity contribution < 1.29 is 141 Å². The van der Waals surface area contributed by atoms with Crippen LogP contribution in [-0.4, -0.2) is 268 Å². The number of nitrogens with one attached hydrogen (secondary N) is 1. The Balaban J connectivity index is 1.26. The molecule has 4 aliphatic heterocycles. The molecule has 0 bridgehead atoms. The summed E-state index contributed by atoms with van der Waals surface area (Å²) in [6, 6.07) is 0. The molecule has 4 aliphatic rings. The smallest absolute Gasteiger partial charge is 0.333 e. The summed E-state index contributed by atoms with van der Waals surface area (Å²) in [5.41, 5.74) is -1.43. The normalized spacial score (nSPS) is 26.2. The predicted octanol–water partition coefficient (Wildman–Crippen LogP) is 3.28. The SMILES string of the molecule is CC1C(OCCCCC(=O)CCCCCC(=O)CCOCC(COCCC(=O)CCCCCC(=O)CCCCOC2OC(CO)C(O)C(O)C2C)(COCCC(=O)CCCCCC(=O)CCCCOC2OC(CO)C(O)C(O)C2C)NC(=O)CCCCC(=O)ON2C(=O)CCC2=O)OC(CO)C(O)C1O. The van der Waals surface area contributed by atoms with E-state index in [1.165, 1.54) is 0 Å². The van der Waals surface area contributed by atoms with Gasteiger partial charge in [-0.25, -0.2) is 4.79 Å². The molecule has 31 heteroatoms. The molecule has 10 N–H and O–H groups in total. The second-order valence-corrected chi connectivity index (χ2v) is 28.6. The Morgan fingerprint density at radius 3 is 0.933 bits per heavy atom. The minimum atomic E-state index is -1.43. The first kappa shape index (κ1) is 92.8. The van der Waals surface area contributed by atoms with Crippen LogP contribution in [0.2, 0.25) is 0 Å². The number of hydrogen-bond donors (Lipinski definition) is 10. The topological polar surface area (TPSA) is 460 Å². The third kappa shape index (κ3) is 35.7. The summed E-state index contributed by atoms with van der Waals surface area (Å²) >= 11 is 0. The van der Waals surface area contributed by atoms with E-state index in [0.29, 0.717) is 140 Å². The van der Waals surface area contributed by atoms with E-state index in [4.69, 9.17) is 47.5 Å². The molecule has 4 saturated heterocycles. The van der Waals surface area contributed by atoms with Crippen LogP contribution >= 0.6 is 0 Å². The van der Waals surface area contributed by atoms with Crippen LogP contribution in [0.25, 0.3) is 0 Å². The van der Waals surface area contributed by atoms with Gasteiger partial charge in [0, 0.05) is 140 Å². The molecule has 0 aromatic rings. The van der Waals surface area contributed by atoms with Gasteiger partial charge in [0.1, 0.15) is 76.9 Å². The van der Waals surface area contributed by atoms with Gasteiger partial charge in [0.05, 0.1) is 77.8 Å². The molecule has 4 heterocycles. The fraction of sp³-hybridized carbons (Fsp3) is 0.865. The van der Waals surface area contributed by atoms with Gasteiger partial charge >= 0.3 is 5.97 Å². The fourth-order valence-corrected chi connectivity index (χ4v) is 12.6. The van der Waals surface area contributed by atoms with Gasteiger partial charge < -0.3 is 98.7 Å². The summed E-state index contributed by atoms with van der Waals surface area (Å²) in [5, 5.41) is 92.9. The summed E-state index contributed by atoms with van der Waals surface area (Å²) < 4.78 is 52.3. The van der Waals surface area contributed by atoms with Crippen LogP contribution < -0.4 is 5.32 Å². The number of carbonyl (C=O) groups is 10. The molecule has 0 spiro atoms. The summed E-state index contributed by atoms with van der Waals surface area (Å²) in [7, 11) is 0. The van der Waals surface area contributed by atoms with Crippen LogP contribution in [0, 0.1) is 17.8 Å². The Morgan fingerprint density at radius 2 is 0.638 bits per heavy atom. The van der Waals surface area contributed by atoms with Crippen molar-refractivity contribution in [3.05, 3.63) is 0 Å². The number of unbranched alkanes of at least 4 members (excludes halogenated alkanes) is 10. The average Bonchev–Trinajstić information content (AvgIpc) is 1.58.